The smallest absolute Gasteiger partial charge is 0.194 e. The van der Waals surface area contributed by atoms with Crippen LogP contribution in [0, 0.1) is 5.92 Å². The minimum absolute atomic E-state index is 0.330. The lowest BCUT2D eigenvalue weighted by atomic mass is 10.2. The molecule has 1 heterocycles. The molecule has 0 spiro atoms. The van der Waals surface area contributed by atoms with Crippen LogP contribution >= 0.6 is 0 Å². The number of benzene rings is 1. The van der Waals surface area contributed by atoms with Gasteiger partial charge in [-0.25, -0.2) is 0 Å². The van der Waals surface area contributed by atoms with Crippen LogP contribution in [0.4, 0.5) is 0 Å². The Labute approximate surface area is 175 Å². The summed E-state index contributed by atoms with van der Waals surface area (Å²) < 4.78 is 11.3. The number of nitrogens with zero attached hydrogens (tertiary/aromatic N) is 3. The first kappa shape index (κ1) is 23.4. The monoisotopic (exact) mass is 406 g/mol. The molecule has 1 unspecified atom stereocenters. The van der Waals surface area contributed by atoms with E-state index in [9.17, 15) is 5.11 Å². The lowest BCUT2D eigenvalue weighted by Gasteiger charge is -2.36. The van der Waals surface area contributed by atoms with Gasteiger partial charge in [0.1, 0.15) is 12.4 Å². The highest BCUT2D eigenvalue weighted by Crippen LogP contribution is 2.09. The molecule has 164 valence electrons. The molecule has 7 heteroatoms. The van der Waals surface area contributed by atoms with Crippen molar-refractivity contribution in [3.8, 4) is 5.75 Å². The number of aliphatic hydroxyl groups excluding tert-OH is 1. The first-order valence-electron chi connectivity index (χ1n) is 10.8. The van der Waals surface area contributed by atoms with Crippen LogP contribution in [0.3, 0.4) is 0 Å². The van der Waals surface area contributed by atoms with E-state index in [1.165, 1.54) is 0 Å². The molecule has 1 aliphatic rings. The zero-order valence-corrected chi connectivity index (χ0v) is 18.2. The van der Waals surface area contributed by atoms with Gasteiger partial charge in [-0.15, -0.1) is 0 Å². The van der Waals surface area contributed by atoms with Crippen molar-refractivity contribution in [3.05, 3.63) is 30.3 Å². The first-order chi connectivity index (χ1) is 14.1. The molecular weight excluding hydrogens is 368 g/mol. The van der Waals surface area contributed by atoms with Crippen molar-refractivity contribution in [3.63, 3.8) is 0 Å². The van der Waals surface area contributed by atoms with Crippen LogP contribution in [-0.4, -0.2) is 92.6 Å². The number of guanidine groups is 1. The average Bonchev–Trinajstić information content (AvgIpc) is 2.72. The number of aliphatic hydroxyl groups is 1. The van der Waals surface area contributed by atoms with Gasteiger partial charge < -0.3 is 24.8 Å². The molecule has 0 aliphatic carbocycles. The standard InChI is InChI=1S/C22H38N4O3/c1-4-23-22(24-16-20(27)18-28-17-19(2)3)26-12-10-25(11-13-26)14-15-29-21-8-6-5-7-9-21/h5-9,19-20,27H,4,10-18H2,1-3H3,(H,23,24). The lowest BCUT2D eigenvalue weighted by Crippen LogP contribution is -2.53. The molecular formula is C22H38N4O3. The number of hydrogen-bond acceptors (Lipinski definition) is 5. The van der Waals surface area contributed by atoms with Crippen LogP contribution in [-0.2, 0) is 4.74 Å². The Kier molecular flexibility index (Phi) is 10.8. The number of para-hydroxylation sites is 1. The fraction of sp³-hybridized carbons (Fsp3) is 0.682. The molecule has 1 aromatic carbocycles. The second kappa shape index (κ2) is 13.4. The third kappa shape index (κ3) is 9.47. The van der Waals surface area contributed by atoms with Crippen molar-refractivity contribution in [2.24, 2.45) is 10.9 Å². The summed E-state index contributed by atoms with van der Waals surface area (Å²) in [6.07, 6.45) is -0.571. The van der Waals surface area contributed by atoms with Crippen LogP contribution in [0.2, 0.25) is 0 Å². The van der Waals surface area contributed by atoms with Crippen molar-refractivity contribution < 1.29 is 14.6 Å². The first-order valence-corrected chi connectivity index (χ1v) is 10.8. The van der Waals surface area contributed by atoms with Crippen molar-refractivity contribution in [1.82, 2.24) is 15.1 Å². The van der Waals surface area contributed by atoms with Crippen molar-refractivity contribution in [1.29, 1.82) is 0 Å². The van der Waals surface area contributed by atoms with E-state index >= 15 is 0 Å². The van der Waals surface area contributed by atoms with E-state index in [0.29, 0.717) is 32.3 Å². The SMILES string of the molecule is CCNC(=NCC(O)COCC(C)C)N1CCN(CCOc2ccccc2)CC1. The van der Waals surface area contributed by atoms with Crippen molar-refractivity contribution >= 4 is 5.96 Å². The molecule has 1 aromatic rings. The predicted octanol–water partition coefficient (Wildman–Crippen LogP) is 1.68. The van der Waals surface area contributed by atoms with E-state index in [1.54, 1.807) is 0 Å². The Bertz CT molecular complexity index is 575. The van der Waals surface area contributed by atoms with Gasteiger partial charge in [0.05, 0.1) is 19.3 Å². The van der Waals surface area contributed by atoms with Gasteiger partial charge in [0, 0.05) is 45.9 Å². The second-order valence-corrected chi connectivity index (χ2v) is 7.77. The Balaban J connectivity index is 1.70. The molecule has 7 nitrogen and oxygen atoms in total. The number of hydrogen-bond donors (Lipinski definition) is 2. The second-order valence-electron chi connectivity index (χ2n) is 7.77. The maximum absolute atomic E-state index is 10.1. The van der Waals surface area contributed by atoms with Gasteiger partial charge in [0.2, 0.25) is 0 Å². The number of ether oxygens (including phenoxy) is 2. The summed E-state index contributed by atoms with van der Waals surface area (Å²) in [4.78, 5) is 9.30. The molecule has 1 atom stereocenters. The summed E-state index contributed by atoms with van der Waals surface area (Å²) in [7, 11) is 0. The summed E-state index contributed by atoms with van der Waals surface area (Å²) in [5, 5.41) is 13.5. The highest BCUT2D eigenvalue weighted by atomic mass is 16.5. The summed E-state index contributed by atoms with van der Waals surface area (Å²) in [5.74, 6) is 2.26. The van der Waals surface area contributed by atoms with E-state index < -0.39 is 6.10 Å². The van der Waals surface area contributed by atoms with Crippen LogP contribution in [0.1, 0.15) is 20.8 Å². The summed E-state index contributed by atoms with van der Waals surface area (Å²) in [6.45, 7) is 13.8. The molecule has 0 amide bonds. The Hall–Kier alpha value is -1.83. The Morgan fingerprint density at radius 3 is 2.52 bits per heavy atom. The molecule has 2 N–H and O–H groups in total. The minimum atomic E-state index is -0.571. The average molecular weight is 407 g/mol. The van der Waals surface area contributed by atoms with Gasteiger partial charge in [0.15, 0.2) is 5.96 Å². The van der Waals surface area contributed by atoms with Gasteiger partial charge in [0.25, 0.3) is 0 Å². The third-order valence-electron chi connectivity index (χ3n) is 4.64. The molecule has 1 saturated heterocycles. The number of piperazine rings is 1. The van der Waals surface area contributed by atoms with Crippen LogP contribution in [0.15, 0.2) is 35.3 Å². The predicted molar refractivity (Wildman–Crippen MR) is 118 cm³/mol. The van der Waals surface area contributed by atoms with E-state index in [0.717, 1.165) is 51.0 Å². The zero-order chi connectivity index (χ0) is 20.9. The third-order valence-corrected chi connectivity index (χ3v) is 4.64. The lowest BCUT2D eigenvalue weighted by molar-refractivity contribution is 0.0300. The Morgan fingerprint density at radius 1 is 1.14 bits per heavy atom. The fourth-order valence-corrected chi connectivity index (χ4v) is 3.10. The van der Waals surface area contributed by atoms with Crippen LogP contribution in [0.25, 0.3) is 0 Å². The molecule has 0 bridgehead atoms. The van der Waals surface area contributed by atoms with Gasteiger partial charge in [-0.1, -0.05) is 32.0 Å². The number of rotatable bonds is 11. The van der Waals surface area contributed by atoms with Gasteiger partial charge >= 0.3 is 0 Å². The van der Waals surface area contributed by atoms with Gasteiger partial charge in [-0.2, -0.15) is 0 Å². The fourth-order valence-electron chi connectivity index (χ4n) is 3.10. The van der Waals surface area contributed by atoms with Crippen molar-refractivity contribution in [2.75, 3.05) is 65.6 Å². The molecule has 0 radical (unpaired) electrons. The minimum Gasteiger partial charge on any atom is -0.492 e. The Morgan fingerprint density at radius 2 is 1.86 bits per heavy atom. The summed E-state index contributed by atoms with van der Waals surface area (Å²) in [5.41, 5.74) is 0. The molecule has 1 aliphatic heterocycles. The van der Waals surface area contributed by atoms with Gasteiger partial charge in [-0.3, -0.25) is 9.89 Å². The molecule has 0 saturated carbocycles. The zero-order valence-electron chi connectivity index (χ0n) is 18.2. The van der Waals surface area contributed by atoms with E-state index in [1.807, 2.05) is 30.3 Å². The van der Waals surface area contributed by atoms with E-state index in [4.69, 9.17) is 9.47 Å². The topological polar surface area (TPSA) is 69.6 Å². The summed E-state index contributed by atoms with van der Waals surface area (Å²) in [6, 6.07) is 9.94. The summed E-state index contributed by atoms with van der Waals surface area (Å²) >= 11 is 0. The van der Waals surface area contributed by atoms with Gasteiger partial charge in [-0.05, 0) is 25.0 Å². The van der Waals surface area contributed by atoms with Crippen molar-refractivity contribution in [2.45, 2.75) is 26.9 Å². The molecule has 0 aromatic heterocycles. The number of aliphatic imine (C=N–C) groups is 1. The van der Waals surface area contributed by atoms with E-state index in [2.05, 4.69) is 40.9 Å². The number of nitrogens with one attached hydrogen (secondary N) is 1. The molecule has 29 heavy (non-hydrogen) atoms. The van der Waals surface area contributed by atoms with Crippen LogP contribution < -0.4 is 10.1 Å². The quantitative estimate of drug-likeness (QED) is 0.430. The maximum Gasteiger partial charge on any atom is 0.194 e. The largest absolute Gasteiger partial charge is 0.492 e. The molecule has 1 fully saturated rings. The highest BCUT2D eigenvalue weighted by Gasteiger charge is 2.19. The van der Waals surface area contributed by atoms with Crippen LogP contribution in [0.5, 0.6) is 5.75 Å². The highest BCUT2D eigenvalue weighted by molar-refractivity contribution is 5.80. The van der Waals surface area contributed by atoms with E-state index in [-0.39, 0.29) is 0 Å². The maximum atomic E-state index is 10.1. The normalized spacial score (nSPS) is 16.9. The molecule has 2 rings (SSSR count).